The maximum Gasteiger partial charge on any atom is 0.0357 e. The lowest BCUT2D eigenvalue weighted by Crippen LogP contribution is -2.27. The molecule has 2 rings (SSSR count). The first-order chi connectivity index (χ1) is 8.36. The van der Waals surface area contributed by atoms with Gasteiger partial charge in [-0.25, -0.2) is 0 Å². The van der Waals surface area contributed by atoms with Gasteiger partial charge in [0.2, 0.25) is 0 Å². The van der Waals surface area contributed by atoms with Gasteiger partial charge in [0, 0.05) is 10.9 Å². The third kappa shape index (κ3) is 3.05. The van der Waals surface area contributed by atoms with Gasteiger partial charge in [0.25, 0.3) is 0 Å². The van der Waals surface area contributed by atoms with Crippen molar-refractivity contribution in [3.05, 3.63) is 29.8 Å². The Labute approximate surface area is 109 Å². The van der Waals surface area contributed by atoms with E-state index in [-0.39, 0.29) is 0 Å². The molecule has 1 nitrogen and oxygen atoms in total. The summed E-state index contributed by atoms with van der Waals surface area (Å²) in [6.07, 6.45) is 9.18. The van der Waals surface area contributed by atoms with Crippen molar-refractivity contribution < 1.29 is 0 Å². The number of hydrogen-bond donors (Lipinski definition) is 1. The van der Waals surface area contributed by atoms with Crippen LogP contribution < -0.4 is 5.32 Å². The molecule has 0 saturated heterocycles. The predicted molar refractivity (Wildman–Crippen MR) is 76.6 cm³/mol. The summed E-state index contributed by atoms with van der Waals surface area (Å²) >= 11 is 1.86. The lowest BCUT2D eigenvalue weighted by molar-refractivity contribution is 0.279. The lowest BCUT2D eigenvalue weighted by atomic mass is 9.81. The number of rotatable bonds is 4. The molecule has 0 aromatic heterocycles. The van der Waals surface area contributed by atoms with Crippen molar-refractivity contribution in [2.24, 2.45) is 5.92 Å². The van der Waals surface area contributed by atoms with Gasteiger partial charge in [0.05, 0.1) is 0 Å². The lowest BCUT2D eigenvalue weighted by Gasteiger charge is -2.31. The Morgan fingerprint density at radius 3 is 2.53 bits per heavy atom. The second kappa shape index (κ2) is 6.46. The van der Waals surface area contributed by atoms with E-state index in [9.17, 15) is 0 Å². The van der Waals surface area contributed by atoms with Crippen molar-refractivity contribution in [1.29, 1.82) is 0 Å². The van der Waals surface area contributed by atoms with Crippen LogP contribution in [0.3, 0.4) is 0 Å². The van der Waals surface area contributed by atoms with Crippen LogP contribution in [0, 0.1) is 5.92 Å². The Balaban J connectivity index is 2.21. The van der Waals surface area contributed by atoms with Gasteiger partial charge in [-0.2, -0.15) is 0 Å². The average Bonchev–Trinajstić information content (AvgIpc) is 2.41. The third-order valence-electron chi connectivity index (χ3n) is 3.91. The SMILES string of the molecule is CNC(c1ccccc1SC)C1CCCCC1. The fourth-order valence-corrected chi connectivity index (χ4v) is 3.68. The van der Waals surface area contributed by atoms with Crippen LogP contribution in [0.25, 0.3) is 0 Å². The normalized spacial score (nSPS) is 19.2. The molecule has 0 spiro atoms. The van der Waals surface area contributed by atoms with Crippen LogP contribution in [-0.4, -0.2) is 13.3 Å². The topological polar surface area (TPSA) is 12.0 Å². The summed E-state index contributed by atoms with van der Waals surface area (Å²) in [6, 6.07) is 9.39. The minimum atomic E-state index is 0.541. The molecule has 2 heteroatoms. The highest BCUT2D eigenvalue weighted by atomic mass is 32.2. The summed E-state index contributed by atoms with van der Waals surface area (Å²) in [6.45, 7) is 0. The Kier molecular flexibility index (Phi) is 4.93. The molecular formula is C15H23NS. The van der Waals surface area contributed by atoms with E-state index in [1.54, 1.807) is 0 Å². The van der Waals surface area contributed by atoms with Gasteiger partial charge in [0.1, 0.15) is 0 Å². The van der Waals surface area contributed by atoms with Crippen molar-refractivity contribution >= 4 is 11.8 Å². The molecule has 1 saturated carbocycles. The van der Waals surface area contributed by atoms with E-state index in [1.165, 1.54) is 42.6 Å². The smallest absolute Gasteiger partial charge is 0.0357 e. The molecule has 17 heavy (non-hydrogen) atoms. The van der Waals surface area contributed by atoms with E-state index in [1.807, 2.05) is 11.8 Å². The first kappa shape index (κ1) is 13.0. The zero-order valence-electron chi connectivity index (χ0n) is 10.9. The van der Waals surface area contributed by atoms with E-state index in [0.717, 1.165) is 5.92 Å². The highest BCUT2D eigenvalue weighted by molar-refractivity contribution is 7.98. The van der Waals surface area contributed by atoms with Crippen molar-refractivity contribution in [2.45, 2.75) is 43.0 Å². The van der Waals surface area contributed by atoms with Gasteiger partial charge in [-0.3, -0.25) is 0 Å². The van der Waals surface area contributed by atoms with E-state index in [4.69, 9.17) is 0 Å². The third-order valence-corrected chi connectivity index (χ3v) is 4.72. The van der Waals surface area contributed by atoms with Crippen LogP contribution in [0.15, 0.2) is 29.2 Å². The maximum absolute atomic E-state index is 3.55. The molecule has 1 atom stereocenters. The maximum atomic E-state index is 3.55. The molecule has 0 amide bonds. The Hall–Kier alpha value is -0.470. The minimum Gasteiger partial charge on any atom is -0.313 e. The first-order valence-corrected chi connectivity index (χ1v) is 7.89. The number of benzene rings is 1. The fraction of sp³-hybridized carbons (Fsp3) is 0.600. The predicted octanol–water partition coefficient (Wildman–Crippen LogP) is 4.25. The van der Waals surface area contributed by atoms with Gasteiger partial charge < -0.3 is 5.32 Å². The molecule has 0 bridgehead atoms. The van der Waals surface area contributed by atoms with Crippen molar-refractivity contribution in [1.82, 2.24) is 5.32 Å². The summed E-state index contributed by atoms with van der Waals surface area (Å²) in [7, 11) is 2.11. The second-order valence-corrected chi connectivity index (χ2v) is 5.75. The molecule has 1 aromatic carbocycles. The first-order valence-electron chi connectivity index (χ1n) is 6.67. The van der Waals surface area contributed by atoms with Crippen LogP contribution in [0.1, 0.15) is 43.7 Å². The number of nitrogens with one attached hydrogen (secondary N) is 1. The summed E-state index contributed by atoms with van der Waals surface area (Å²) in [5.41, 5.74) is 1.49. The summed E-state index contributed by atoms with van der Waals surface area (Å²) in [5, 5.41) is 3.55. The molecule has 1 fully saturated rings. The fourth-order valence-electron chi connectivity index (χ4n) is 3.04. The minimum absolute atomic E-state index is 0.541. The molecular weight excluding hydrogens is 226 g/mol. The van der Waals surface area contributed by atoms with Crippen LogP contribution in [0.4, 0.5) is 0 Å². The Morgan fingerprint density at radius 2 is 1.88 bits per heavy atom. The molecule has 1 aliphatic carbocycles. The molecule has 1 aliphatic rings. The highest BCUT2D eigenvalue weighted by Crippen LogP contribution is 2.37. The van der Waals surface area contributed by atoms with Crippen LogP contribution in [0.2, 0.25) is 0 Å². The summed E-state index contributed by atoms with van der Waals surface area (Å²) < 4.78 is 0. The largest absolute Gasteiger partial charge is 0.313 e. The molecule has 94 valence electrons. The number of hydrogen-bond acceptors (Lipinski definition) is 2. The standard InChI is InChI=1S/C15H23NS/c1-16-15(12-8-4-3-5-9-12)13-10-6-7-11-14(13)17-2/h6-7,10-12,15-16H,3-5,8-9H2,1-2H3. The van der Waals surface area contributed by atoms with Gasteiger partial charge in [-0.15, -0.1) is 11.8 Å². The summed E-state index contributed by atoms with van der Waals surface area (Å²) in [5.74, 6) is 0.821. The van der Waals surface area contributed by atoms with E-state index in [0.29, 0.717) is 6.04 Å². The molecule has 0 radical (unpaired) electrons. The van der Waals surface area contributed by atoms with E-state index < -0.39 is 0 Å². The molecule has 1 unspecified atom stereocenters. The van der Waals surface area contributed by atoms with Gasteiger partial charge in [-0.1, -0.05) is 37.5 Å². The van der Waals surface area contributed by atoms with Gasteiger partial charge in [-0.05, 0) is 43.7 Å². The van der Waals surface area contributed by atoms with Gasteiger partial charge >= 0.3 is 0 Å². The van der Waals surface area contributed by atoms with Gasteiger partial charge in [0.15, 0.2) is 0 Å². The average molecular weight is 249 g/mol. The quantitative estimate of drug-likeness (QED) is 0.801. The van der Waals surface area contributed by atoms with Crippen molar-refractivity contribution in [3.8, 4) is 0 Å². The molecule has 0 aliphatic heterocycles. The zero-order valence-corrected chi connectivity index (χ0v) is 11.7. The monoisotopic (exact) mass is 249 g/mol. The number of thioether (sulfide) groups is 1. The second-order valence-electron chi connectivity index (χ2n) is 4.91. The van der Waals surface area contributed by atoms with Crippen molar-refractivity contribution in [2.75, 3.05) is 13.3 Å². The molecule has 1 N–H and O–H groups in total. The van der Waals surface area contributed by atoms with Crippen molar-refractivity contribution in [3.63, 3.8) is 0 Å². The van der Waals surface area contributed by atoms with E-state index in [2.05, 4.69) is 42.9 Å². The van der Waals surface area contributed by atoms with Crippen LogP contribution in [-0.2, 0) is 0 Å². The Bertz CT molecular complexity index is 345. The zero-order chi connectivity index (χ0) is 12.1. The van der Waals surface area contributed by atoms with Crippen LogP contribution in [0.5, 0.6) is 0 Å². The van der Waals surface area contributed by atoms with E-state index >= 15 is 0 Å². The van der Waals surface area contributed by atoms with Crippen LogP contribution >= 0.6 is 11.8 Å². The molecule has 1 aromatic rings. The highest BCUT2D eigenvalue weighted by Gasteiger charge is 2.25. The summed E-state index contributed by atoms with van der Waals surface area (Å²) in [4.78, 5) is 1.43. The Morgan fingerprint density at radius 1 is 1.18 bits per heavy atom. The molecule has 0 heterocycles.